The van der Waals surface area contributed by atoms with Gasteiger partial charge in [-0.15, -0.1) is 24.0 Å². The maximum Gasteiger partial charge on any atom is 0.191 e. The van der Waals surface area contributed by atoms with Crippen LogP contribution in [-0.4, -0.2) is 46.9 Å². The third-order valence-electron chi connectivity index (χ3n) is 5.45. The molecule has 1 aromatic rings. The van der Waals surface area contributed by atoms with E-state index in [2.05, 4.69) is 15.6 Å². The van der Waals surface area contributed by atoms with Gasteiger partial charge in [-0.1, -0.05) is 18.9 Å². The maximum atomic E-state index is 14.1. The topological polar surface area (TPSA) is 48.9 Å². The van der Waals surface area contributed by atoms with Crippen LogP contribution in [0, 0.1) is 11.2 Å². The second-order valence-corrected chi connectivity index (χ2v) is 7.61. The molecule has 1 fully saturated rings. The number of rotatable bonds is 9. The smallest absolute Gasteiger partial charge is 0.191 e. The Kier molecular flexibility index (Phi) is 11.1. The normalized spacial score (nSPS) is 15.8. The van der Waals surface area contributed by atoms with Gasteiger partial charge in [0, 0.05) is 47.4 Å². The Morgan fingerprint density at radius 3 is 2.54 bits per heavy atom. The molecular formula is C21H36FIN4O. The van der Waals surface area contributed by atoms with Gasteiger partial charge in [0.15, 0.2) is 5.96 Å². The van der Waals surface area contributed by atoms with Crippen molar-refractivity contribution in [3.05, 3.63) is 29.6 Å². The Hall–Kier alpha value is -1.09. The van der Waals surface area contributed by atoms with Crippen molar-refractivity contribution in [1.29, 1.82) is 0 Å². The Labute approximate surface area is 186 Å². The van der Waals surface area contributed by atoms with Crippen LogP contribution >= 0.6 is 24.0 Å². The van der Waals surface area contributed by atoms with Crippen LogP contribution in [0.4, 0.5) is 10.1 Å². The lowest BCUT2D eigenvalue weighted by molar-refractivity contribution is 0.105. The van der Waals surface area contributed by atoms with Crippen LogP contribution < -0.4 is 15.5 Å². The van der Waals surface area contributed by atoms with Crippen molar-refractivity contribution in [3.63, 3.8) is 0 Å². The predicted molar refractivity (Wildman–Crippen MR) is 126 cm³/mol. The number of benzene rings is 1. The van der Waals surface area contributed by atoms with E-state index in [1.54, 1.807) is 18.0 Å². The molecule has 0 spiro atoms. The molecule has 2 N–H and O–H groups in total. The summed E-state index contributed by atoms with van der Waals surface area (Å²) in [6, 6.07) is 5.33. The third-order valence-corrected chi connectivity index (χ3v) is 5.45. The molecule has 2 rings (SSSR count). The first-order chi connectivity index (χ1) is 13.0. The van der Waals surface area contributed by atoms with E-state index >= 15 is 0 Å². The SMILES string of the molecule is CCOCCC1(CNC(=NC)NCc2ccc(N(C)C)c(F)c2)CCCC1.I. The Bertz CT molecular complexity index is 618. The van der Waals surface area contributed by atoms with Gasteiger partial charge in [-0.25, -0.2) is 4.39 Å². The number of aliphatic imine (C=N–C) groups is 1. The van der Waals surface area contributed by atoms with Gasteiger partial charge in [-0.05, 0) is 49.3 Å². The van der Waals surface area contributed by atoms with E-state index < -0.39 is 0 Å². The van der Waals surface area contributed by atoms with E-state index in [0.29, 0.717) is 17.6 Å². The highest BCUT2D eigenvalue weighted by Crippen LogP contribution is 2.40. The van der Waals surface area contributed by atoms with Crippen LogP contribution in [0.5, 0.6) is 0 Å². The number of halogens is 2. The van der Waals surface area contributed by atoms with Crippen molar-refractivity contribution >= 4 is 35.6 Å². The second-order valence-electron chi connectivity index (χ2n) is 7.61. The van der Waals surface area contributed by atoms with Crippen LogP contribution in [0.15, 0.2) is 23.2 Å². The lowest BCUT2D eigenvalue weighted by atomic mass is 9.83. The molecule has 1 aliphatic rings. The number of nitrogens with one attached hydrogen (secondary N) is 2. The molecule has 28 heavy (non-hydrogen) atoms. The third kappa shape index (κ3) is 7.39. The minimum Gasteiger partial charge on any atom is -0.382 e. The lowest BCUT2D eigenvalue weighted by Crippen LogP contribution is -2.43. The summed E-state index contributed by atoms with van der Waals surface area (Å²) >= 11 is 0. The Morgan fingerprint density at radius 1 is 1.25 bits per heavy atom. The minimum absolute atomic E-state index is 0. The van der Waals surface area contributed by atoms with E-state index in [1.165, 1.54) is 25.7 Å². The van der Waals surface area contributed by atoms with Gasteiger partial charge in [0.05, 0.1) is 5.69 Å². The summed E-state index contributed by atoms with van der Waals surface area (Å²) < 4.78 is 19.7. The largest absolute Gasteiger partial charge is 0.382 e. The molecule has 0 unspecified atom stereocenters. The van der Waals surface area contributed by atoms with Gasteiger partial charge >= 0.3 is 0 Å². The fourth-order valence-electron chi connectivity index (χ4n) is 3.77. The highest BCUT2D eigenvalue weighted by molar-refractivity contribution is 14.0. The van der Waals surface area contributed by atoms with Gasteiger partial charge < -0.3 is 20.3 Å². The van der Waals surface area contributed by atoms with Crippen molar-refractivity contribution in [3.8, 4) is 0 Å². The van der Waals surface area contributed by atoms with Gasteiger partial charge in [0.1, 0.15) is 5.82 Å². The fraction of sp³-hybridized carbons (Fsp3) is 0.667. The highest BCUT2D eigenvalue weighted by Gasteiger charge is 2.33. The lowest BCUT2D eigenvalue weighted by Gasteiger charge is -2.30. The van der Waals surface area contributed by atoms with Crippen molar-refractivity contribution < 1.29 is 9.13 Å². The van der Waals surface area contributed by atoms with Crippen LogP contribution in [0.2, 0.25) is 0 Å². The quantitative estimate of drug-likeness (QED) is 0.229. The zero-order valence-electron chi connectivity index (χ0n) is 17.7. The molecule has 5 nitrogen and oxygen atoms in total. The van der Waals surface area contributed by atoms with E-state index in [9.17, 15) is 4.39 Å². The second kappa shape index (κ2) is 12.5. The average molecular weight is 506 g/mol. The summed E-state index contributed by atoms with van der Waals surface area (Å²) in [6.07, 6.45) is 6.14. The van der Waals surface area contributed by atoms with Crippen LogP contribution in [0.1, 0.15) is 44.6 Å². The number of guanidine groups is 1. The number of hydrogen-bond acceptors (Lipinski definition) is 3. The Morgan fingerprint density at radius 2 is 1.96 bits per heavy atom. The van der Waals surface area contributed by atoms with Crippen molar-refractivity contribution in [2.45, 2.75) is 45.6 Å². The first-order valence-electron chi connectivity index (χ1n) is 9.98. The number of ether oxygens (including phenoxy) is 1. The van der Waals surface area contributed by atoms with Crippen molar-refractivity contribution in [2.24, 2.45) is 10.4 Å². The maximum absolute atomic E-state index is 14.1. The van der Waals surface area contributed by atoms with Crippen LogP contribution in [0.3, 0.4) is 0 Å². The molecule has 0 atom stereocenters. The average Bonchev–Trinajstić information content (AvgIpc) is 3.11. The van der Waals surface area contributed by atoms with E-state index in [4.69, 9.17) is 4.74 Å². The standard InChI is InChI=1S/C21H35FN4O.HI/c1-5-27-13-12-21(10-6-7-11-21)16-25-20(23-2)24-15-17-8-9-19(26(3)4)18(22)14-17;/h8-9,14H,5-7,10-13,15-16H2,1-4H3,(H2,23,24,25);1H. The predicted octanol–water partition coefficient (Wildman–Crippen LogP) is 4.16. The molecule has 0 heterocycles. The van der Waals surface area contributed by atoms with Gasteiger partial charge in [-0.3, -0.25) is 4.99 Å². The molecule has 1 aliphatic carbocycles. The first kappa shape index (κ1) is 24.9. The van der Waals surface area contributed by atoms with Crippen molar-refractivity contribution in [2.75, 3.05) is 45.8 Å². The molecule has 7 heteroatoms. The summed E-state index contributed by atoms with van der Waals surface area (Å²) in [5.41, 5.74) is 1.79. The Balaban J connectivity index is 0.00000392. The zero-order chi connectivity index (χ0) is 19.7. The molecule has 0 bridgehead atoms. The van der Waals surface area contributed by atoms with E-state index in [-0.39, 0.29) is 29.8 Å². The summed E-state index contributed by atoms with van der Waals surface area (Å²) in [6.45, 7) is 5.07. The number of hydrogen-bond donors (Lipinski definition) is 2. The molecule has 1 saturated carbocycles. The van der Waals surface area contributed by atoms with Gasteiger partial charge in [0.2, 0.25) is 0 Å². The van der Waals surface area contributed by atoms with Crippen LogP contribution in [0.25, 0.3) is 0 Å². The van der Waals surface area contributed by atoms with Gasteiger partial charge in [0.25, 0.3) is 0 Å². The molecule has 0 saturated heterocycles. The van der Waals surface area contributed by atoms with E-state index in [1.807, 2.05) is 33.2 Å². The van der Waals surface area contributed by atoms with Gasteiger partial charge in [-0.2, -0.15) is 0 Å². The molecule has 0 radical (unpaired) electrons. The minimum atomic E-state index is -0.205. The molecular weight excluding hydrogens is 470 g/mol. The fourth-order valence-corrected chi connectivity index (χ4v) is 3.77. The zero-order valence-corrected chi connectivity index (χ0v) is 20.0. The summed E-state index contributed by atoms with van der Waals surface area (Å²) in [5, 5.41) is 6.77. The van der Waals surface area contributed by atoms with Crippen molar-refractivity contribution in [1.82, 2.24) is 10.6 Å². The number of anilines is 1. The molecule has 0 aliphatic heterocycles. The molecule has 0 aromatic heterocycles. The summed E-state index contributed by atoms with van der Waals surface area (Å²) in [5.74, 6) is 0.554. The highest BCUT2D eigenvalue weighted by atomic mass is 127. The van der Waals surface area contributed by atoms with Crippen LogP contribution in [-0.2, 0) is 11.3 Å². The summed E-state index contributed by atoms with van der Waals surface area (Å²) in [4.78, 5) is 6.10. The molecule has 0 amide bonds. The first-order valence-corrected chi connectivity index (χ1v) is 9.98. The van der Waals surface area contributed by atoms with E-state index in [0.717, 1.165) is 37.7 Å². The summed E-state index contributed by atoms with van der Waals surface area (Å²) in [7, 11) is 5.45. The monoisotopic (exact) mass is 506 g/mol. The molecule has 1 aromatic carbocycles. The molecule has 160 valence electrons. The number of nitrogens with zero attached hydrogens (tertiary/aromatic N) is 2.